The standard InChI is InChI=1S/C32H56N2O6.ClH/c1-3-4-5-6-7-8-9-10-11-12-13-14-15-16-17-21-26-38-28-30(33-31(35)37-2)29-40-32(36)39-27-22-25-34-23-19-18-20-24-34;/h18-20,23-24,30H,3-17,21-22,25-29H2,1-2H3;1H. The molecule has 0 aliphatic carbocycles. The van der Waals surface area contributed by atoms with Gasteiger partial charge in [-0.3, -0.25) is 0 Å². The molecule has 0 bridgehead atoms. The van der Waals surface area contributed by atoms with Gasteiger partial charge in [-0.1, -0.05) is 109 Å². The van der Waals surface area contributed by atoms with Gasteiger partial charge in [-0.15, -0.1) is 0 Å². The van der Waals surface area contributed by atoms with Crippen LogP contribution in [0.4, 0.5) is 9.59 Å². The SMILES string of the molecule is CCCCCCCCCCCCCCCCCCOCC(COC(=O)OCCC[n+]1ccccc1)NC(=O)OC.[Cl-]. The first-order valence-electron chi connectivity index (χ1n) is 15.8. The van der Waals surface area contributed by atoms with Crippen molar-refractivity contribution >= 4 is 12.2 Å². The maximum Gasteiger partial charge on any atom is 0.508 e. The predicted molar refractivity (Wildman–Crippen MR) is 158 cm³/mol. The molecule has 1 atom stereocenters. The van der Waals surface area contributed by atoms with Gasteiger partial charge in [0.1, 0.15) is 13.2 Å². The van der Waals surface area contributed by atoms with Crippen LogP contribution >= 0.6 is 0 Å². The van der Waals surface area contributed by atoms with Crippen molar-refractivity contribution in [3.63, 3.8) is 0 Å². The molecule has 238 valence electrons. The number of nitrogens with one attached hydrogen (secondary N) is 1. The first-order chi connectivity index (χ1) is 19.7. The number of halogens is 1. The molecular weight excluding hydrogens is 544 g/mol. The van der Waals surface area contributed by atoms with Crippen molar-refractivity contribution in [3.8, 4) is 0 Å². The summed E-state index contributed by atoms with van der Waals surface area (Å²) in [7, 11) is 1.30. The zero-order valence-electron chi connectivity index (χ0n) is 25.8. The smallest absolute Gasteiger partial charge is 0.508 e. The number of pyridine rings is 1. The molecule has 41 heavy (non-hydrogen) atoms. The molecule has 1 heterocycles. The second kappa shape index (κ2) is 29.4. The molecule has 0 aliphatic rings. The van der Waals surface area contributed by atoms with Crippen LogP contribution in [0.5, 0.6) is 0 Å². The molecule has 1 aromatic heterocycles. The molecule has 0 radical (unpaired) electrons. The van der Waals surface area contributed by atoms with Gasteiger partial charge >= 0.3 is 12.2 Å². The Balaban J connectivity index is 0.0000160. The van der Waals surface area contributed by atoms with Gasteiger partial charge in [-0.05, 0) is 6.42 Å². The van der Waals surface area contributed by atoms with E-state index in [4.69, 9.17) is 14.2 Å². The molecular formula is C32H57ClN2O6. The fourth-order valence-electron chi connectivity index (χ4n) is 4.53. The third kappa shape index (κ3) is 25.4. The summed E-state index contributed by atoms with van der Waals surface area (Å²) >= 11 is 0. The number of carbonyl (C=O) groups excluding carboxylic acids is 2. The number of unbranched alkanes of at least 4 members (excludes halogenated alkanes) is 15. The van der Waals surface area contributed by atoms with Gasteiger partial charge in [0.15, 0.2) is 18.9 Å². The quantitative estimate of drug-likeness (QED) is 0.0956. The molecule has 1 rings (SSSR count). The van der Waals surface area contributed by atoms with E-state index < -0.39 is 18.3 Å². The molecule has 8 nitrogen and oxygen atoms in total. The zero-order valence-corrected chi connectivity index (χ0v) is 26.6. The topological polar surface area (TPSA) is 87.0 Å². The van der Waals surface area contributed by atoms with Crippen LogP contribution in [0.15, 0.2) is 30.6 Å². The molecule has 1 aromatic rings. The monoisotopic (exact) mass is 600 g/mol. The second-order valence-corrected chi connectivity index (χ2v) is 10.6. The van der Waals surface area contributed by atoms with Crippen LogP contribution in [0, 0.1) is 0 Å². The number of rotatable bonds is 26. The Morgan fingerprint density at radius 2 is 1.22 bits per heavy atom. The van der Waals surface area contributed by atoms with Crippen molar-refractivity contribution < 1.29 is 45.5 Å². The van der Waals surface area contributed by atoms with Gasteiger partial charge in [0.05, 0.1) is 19.8 Å². The summed E-state index contributed by atoms with van der Waals surface area (Å²) in [5.41, 5.74) is 0. The number of alkyl carbamates (subject to hydrolysis) is 1. The van der Waals surface area contributed by atoms with Crippen LogP contribution in [-0.2, 0) is 25.5 Å². The van der Waals surface area contributed by atoms with E-state index in [1.54, 1.807) is 0 Å². The summed E-state index contributed by atoms with van der Waals surface area (Å²) in [4.78, 5) is 23.6. The van der Waals surface area contributed by atoms with E-state index in [2.05, 4.69) is 17.0 Å². The summed E-state index contributed by atoms with van der Waals surface area (Å²) in [5, 5.41) is 2.65. The summed E-state index contributed by atoms with van der Waals surface area (Å²) in [6.45, 7) is 4.08. The van der Waals surface area contributed by atoms with E-state index in [0.29, 0.717) is 13.0 Å². The number of hydrogen-bond acceptors (Lipinski definition) is 6. The highest BCUT2D eigenvalue weighted by molar-refractivity contribution is 5.67. The lowest BCUT2D eigenvalue weighted by atomic mass is 10.0. The molecule has 9 heteroatoms. The van der Waals surface area contributed by atoms with Crippen molar-refractivity contribution in [2.24, 2.45) is 0 Å². The van der Waals surface area contributed by atoms with Crippen molar-refractivity contribution in [1.29, 1.82) is 0 Å². The summed E-state index contributed by atoms with van der Waals surface area (Å²) in [6, 6.07) is 5.35. The van der Waals surface area contributed by atoms with E-state index in [1.807, 2.05) is 35.2 Å². The fraction of sp³-hybridized carbons (Fsp3) is 0.781. The molecule has 0 spiro atoms. The number of aryl methyl sites for hydroxylation is 1. The Labute approximate surface area is 255 Å². The highest BCUT2D eigenvalue weighted by atomic mass is 35.5. The van der Waals surface area contributed by atoms with Crippen LogP contribution in [0.3, 0.4) is 0 Å². The fourth-order valence-corrected chi connectivity index (χ4v) is 4.53. The van der Waals surface area contributed by atoms with Crippen molar-refractivity contribution in [3.05, 3.63) is 30.6 Å². The predicted octanol–water partition coefficient (Wildman–Crippen LogP) is 4.52. The number of methoxy groups -OCH3 is 1. The molecule has 0 aromatic carbocycles. The Morgan fingerprint density at radius 1 is 0.683 bits per heavy atom. The highest BCUT2D eigenvalue weighted by Gasteiger charge is 2.16. The third-order valence-electron chi connectivity index (χ3n) is 6.93. The lowest BCUT2D eigenvalue weighted by molar-refractivity contribution is -0.697. The normalized spacial score (nSPS) is 11.4. The van der Waals surface area contributed by atoms with E-state index >= 15 is 0 Å². The van der Waals surface area contributed by atoms with Gasteiger partial charge in [0.25, 0.3) is 0 Å². The van der Waals surface area contributed by atoms with Gasteiger partial charge in [-0.25, -0.2) is 14.2 Å². The van der Waals surface area contributed by atoms with Crippen LogP contribution in [0.2, 0.25) is 0 Å². The summed E-state index contributed by atoms with van der Waals surface area (Å²) in [5.74, 6) is 0. The molecule has 1 amide bonds. The first kappa shape index (κ1) is 38.9. The van der Waals surface area contributed by atoms with Gasteiger partial charge in [0.2, 0.25) is 0 Å². The molecule has 0 saturated heterocycles. The lowest BCUT2D eigenvalue weighted by Gasteiger charge is -2.18. The van der Waals surface area contributed by atoms with Crippen molar-refractivity contribution in [1.82, 2.24) is 5.32 Å². The number of aromatic nitrogens is 1. The minimum atomic E-state index is -0.757. The Morgan fingerprint density at radius 3 is 1.76 bits per heavy atom. The summed E-state index contributed by atoms with van der Waals surface area (Å²) in [6.07, 6.45) is 24.5. The van der Waals surface area contributed by atoms with Crippen molar-refractivity contribution in [2.45, 2.75) is 129 Å². The highest BCUT2D eigenvalue weighted by Crippen LogP contribution is 2.13. The minimum absolute atomic E-state index is 0. The Bertz CT molecular complexity index is 725. The van der Waals surface area contributed by atoms with Crippen molar-refractivity contribution in [2.75, 3.05) is 33.5 Å². The van der Waals surface area contributed by atoms with E-state index in [0.717, 1.165) is 19.4 Å². The van der Waals surface area contributed by atoms with Gasteiger partial charge < -0.3 is 36.7 Å². The number of carbonyl (C=O) groups is 2. The number of nitrogens with zero attached hydrogens (tertiary/aromatic N) is 1. The van der Waals surface area contributed by atoms with E-state index in [9.17, 15) is 9.59 Å². The van der Waals surface area contributed by atoms with Crippen LogP contribution in [0.25, 0.3) is 0 Å². The Hall–Kier alpha value is -2.06. The first-order valence-corrected chi connectivity index (χ1v) is 15.8. The van der Waals surface area contributed by atoms with Gasteiger partial charge in [-0.2, -0.15) is 0 Å². The molecule has 1 unspecified atom stereocenters. The molecule has 0 saturated carbocycles. The van der Waals surface area contributed by atoms with E-state index in [1.165, 1.54) is 97.0 Å². The summed E-state index contributed by atoms with van der Waals surface area (Å²) < 4.78 is 22.7. The maximum absolute atomic E-state index is 11.9. The number of ether oxygens (including phenoxy) is 4. The second-order valence-electron chi connectivity index (χ2n) is 10.6. The third-order valence-corrected chi connectivity index (χ3v) is 6.93. The maximum atomic E-state index is 11.9. The molecule has 0 aliphatic heterocycles. The largest absolute Gasteiger partial charge is 1.00 e. The number of hydrogen-bond donors (Lipinski definition) is 1. The number of amides is 1. The van der Waals surface area contributed by atoms with Crippen LogP contribution in [0.1, 0.15) is 116 Å². The van der Waals surface area contributed by atoms with Crippen LogP contribution < -0.4 is 22.3 Å². The minimum Gasteiger partial charge on any atom is -1.00 e. The lowest BCUT2D eigenvalue weighted by Crippen LogP contribution is -3.00. The molecule has 0 fully saturated rings. The van der Waals surface area contributed by atoms with E-state index in [-0.39, 0.29) is 32.2 Å². The van der Waals surface area contributed by atoms with Gasteiger partial charge in [0, 0.05) is 25.2 Å². The van der Waals surface area contributed by atoms with Crippen LogP contribution in [-0.4, -0.2) is 51.8 Å². The molecule has 1 N–H and O–H groups in total. The average molecular weight is 601 g/mol. The average Bonchev–Trinajstić information content (AvgIpc) is 2.97. The Kier molecular flexibility index (Phi) is 28.0. The zero-order chi connectivity index (χ0) is 28.9.